The first-order valence-electron chi connectivity index (χ1n) is 5.85. The Morgan fingerprint density at radius 1 is 1.06 bits per heavy atom. The smallest absolute Gasteiger partial charge is 0.222 e. The van der Waals surface area contributed by atoms with Crippen molar-refractivity contribution in [3.8, 4) is 0 Å². The zero-order valence-corrected chi connectivity index (χ0v) is 10.3. The van der Waals surface area contributed by atoms with Gasteiger partial charge < -0.3 is 4.90 Å². The van der Waals surface area contributed by atoms with Gasteiger partial charge in [-0.25, -0.2) is 0 Å². The maximum atomic E-state index is 11.6. The van der Waals surface area contributed by atoms with Crippen LogP contribution in [0.2, 0.25) is 0 Å². The van der Waals surface area contributed by atoms with E-state index in [9.17, 15) is 4.79 Å². The van der Waals surface area contributed by atoms with E-state index < -0.39 is 0 Å². The molecule has 0 saturated heterocycles. The van der Waals surface area contributed by atoms with Crippen molar-refractivity contribution in [2.24, 2.45) is 0 Å². The molecule has 0 radical (unpaired) electrons. The first-order chi connectivity index (χ1) is 8.18. The second kappa shape index (κ2) is 5.00. The molecular formula is C15H17NO. The Morgan fingerprint density at radius 2 is 1.76 bits per heavy atom. The van der Waals surface area contributed by atoms with Crippen molar-refractivity contribution in [1.29, 1.82) is 0 Å². The molecule has 17 heavy (non-hydrogen) atoms. The largest absolute Gasteiger partial charge is 0.349 e. The van der Waals surface area contributed by atoms with E-state index >= 15 is 0 Å². The van der Waals surface area contributed by atoms with Crippen molar-refractivity contribution in [3.05, 3.63) is 48.0 Å². The van der Waals surface area contributed by atoms with Crippen LogP contribution in [-0.2, 0) is 11.2 Å². The lowest BCUT2D eigenvalue weighted by atomic mass is 10.0. The Hall–Kier alpha value is -1.83. The van der Waals surface area contributed by atoms with Gasteiger partial charge in [-0.2, -0.15) is 0 Å². The highest BCUT2D eigenvalue weighted by molar-refractivity contribution is 5.86. The molecule has 0 fully saturated rings. The molecule has 0 aliphatic heterocycles. The molecule has 0 bridgehead atoms. The highest BCUT2D eigenvalue weighted by atomic mass is 16.2. The second-order valence-corrected chi connectivity index (χ2v) is 4.43. The standard InChI is InChI=1S/C15H17NO/c1-16(2)15(17)11-10-13-8-5-7-12-6-3-4-9-14(12)13/h3-9H,10-11H2,1-2H3. The molecular weight excluding hydrogens is 210 g/mol. The molecule has 0 spiro atoms. The summed E-state index contributed by atoms with van der Waals surface area (Å²) in [5.74, 6) is 0.179. The van der Waals surface area contributed by atoms with Crippen LogP contribution in [0.25, 0.3) is 10.8 Å². The third kappa shape index (κ3) is 2.64. The van der Waals surface area contributed by atoms with Crippen molar-refractivity contribution in [1.82, 2.24) is 4.90 Å². The first kappa shape index (κ1) is 11.6. The van der Waals surface area contributed by atoms with Crippen molar-refractivity contribution < 1.29 is 4.79 Å². The molecule has 2 rings (SSSR count). The van der Waals surface area contributed by atoms with Crippen LogP contribution in [0.1, 0.15) is 12.0 Å². The molecule has 0 aliphatic rings. The van der Waals surface area contributed by atoms with E-state index in [0.29, 0.717) is 6.42 Å². The molecule has 0 aliphatic carbocycles. The van der Waals surface area contributed by atoms with Gasteiger partial charge in [0.05, 0.1) is 0 Å². The van der Waals surface area contributed by atoms with E-state index in [4.69, 9.17) is 0 Å². The topological polar surface area (TPSA) is 20.3 Å². The number of carbonyl (C=O) groups excluding carboxylic acids is 1. The molecule has 0 heterocycles. The lowest BCUT2D eigenvalue weighted by Crippen LogP contribution is -2.21. The number of amides is 1. The van der Waals surface area contributed by atoms with Crippen LogP contribution in [0.15, 0.2) is 42.5 Å². The summed E-state index contributed by atoms with van der Waals surface area (Å²) < 4.78 is 0. The number of fused-ring (bicyclic) bond motifs is 1. The third-order valence-corrected chi connectivity index (χ3v) is 2.99. The second-order valence-electron chi connectivity index (χ2n) is 4.43. The molecule has 0 N–H and O–H groups in total. The molecule has 2 aromatic rings. The van der Waals surface area contributed by atoms with E-state index in [1.165, 1.54) is 16.3 Å². The summed E-state index contributed by atoms with van der Waals surface area (Å²) in [5, 5.41) is 2.49. The van der Waals surface area contributed by atoms with Gasteiger partial charge >= 0.3 is 0 Å². The third-order valence-electron chi connectivity index (χ3n) is 2.99. The molecule has 0 aromatic heterocycles. The molecule has 1 amide bonds. The van der Waals surface area contributed by atoms with E-state index in [2.05, 4.69) is 30.3 Å². The molecule has 0 atom stereocenters. The van der Waals surface area contributed by atoms with Gasteiger partial charge in [-0.3, -0.25) is 4.79 Å². The monoisotopic (exact) mass is 227 g/mol. The van der Waals surface area contributed by atoms with Gasteiger partial charge in [0, 0.05) is 20.5 Å². The number of hydrogen-bond acceptors (Lipinski definition) is 1. The van der Waals surface area contributed by atoms with E-state index in [0.717, 1.165) is 6.42 Å². The summed E-state index contributed by atoms with van der Waals surface area (Å²) in [4.78, 5) is 13.2. The van der Waals surface area contributed by atoms with Crippen LogP contribution >= 0.6 is 0 Å². The normalized spacial score (nSPS) is 10.5. The molecule has 2 heteroatoms. The summed E-state index contributed by atoms with van der Waals surface area (Å²) in [6, 6.07) is 14.6. The Balaban J connectivity index is 2.21. The quantitative estimate of drug-likeness (QED) is 0.789. The zero-order valence-electron chi connectivity index (χ0n) is 10.3. The Labute approximate surface area is 102 Å². The van der Waals surface area contributed by atoms with Gasteiger partial charge in [0.25, 0.3) is 0 Å². The van der Waals surface area contributed by atoms with Crippen LogP contribution < -0.4 is 0 Å². The summed E-state index contributed by atoms with van der Waals surface area (Å²) in [5.41, 5.74) is 1.25. The highest BCUT2D eigenvalue weighted by Gasteiger charge is 2.06. The van der Waals surface area contributed by atoms with Crippen LogP contribution in [0.5, 0.6) is 0 Å². The van der Waals surface area contributed by atoms with E-state index in [1.54, 1.807) is 19.0 Å². The van der Waals surface area contributed by atoms with Gasteiger partial charge in [0.15, 0.2) is 0 Å². The number of carbonyl (C=O) groups is 1. The fourth-order valence-electron chi connectivity index (χ4n) is 1.98. The first-order valence-corrected chi connectivity index (χ1v) is 5.85. The fourth-order valence-corrected chi connectivity index (χ4v) is 1.98. The van der Waals surface area contributed by atoms with Gasteiger partial charge in [0.1, 0.15) is 0 Å². The lowest BCUT2D eigenvalue weighted by molar-refractivity contribution is -0.128. The van der Waals surface area contributed by atoms with Crippen LogP contribution in [0.3, 0.4) is 0 Å². The SMILES string of the molecule is CN(C)C(=O)CCc1cccc2ccccc12. The van der Waals surface area contributed by atoms with Crippen LogP contribution in [0.4, 0.5) is 0 Å². The fraction of sp³-hybridized carbons (Fsp3) is 0.267. The number of hydrogen-bond donors (Lipinski definition) is 0. The number of rotatable bonds is 3. The minimum absolute atomic E-state index is 0.179. The van der Waals surface area contributed by atoms with Crippen molar-refractivity contribution in [3.63, 3.8) is 0 Å². The maximum Gasteiger partial charge on any atom is 0.222 e. The number of aryl methyl sites for hydroxylation is 1. The molecule has 88 valence electrons. The van der Waals surface area contributed by atoms with E-state index in [1.807, 2.05) is 12.1 Å². The summed E-state index contributed by atoms with van der Waals surface area (Å²) in [6.07, 6.45) is 1.37. The minimum atomic E-state index is 0.179. The molecule has 0 unspecified atom stereocenters. The highest BCUT2D eigenvalue weighted by Crippen LogP contribution is 2.19. The Bertz CT molecular complexity index is 526. The van der Waals surface area contributed by atoms with Gasteiger partial charge in [-0.1, -0.05) is 42.5 Å². The van der Waals surface area contributed by atoms with Crippen LogP contribution in [0, 0.1) is 0 Å². The predicted molar refractivity (Wildman–Crippen MR) is 71.0 cm³/mol. The minimum Gasteiger partial charge on any atom is -0.349 e. The Morgan fingerprint density at radius 3 is 2.53 bits per heavy atom. The number of nitrogens with zero attached hydrogens (tertiary/aromatic N) is 1. The summed E-state index contributed by atoms with van der Waals surface area (Å²) >= 11 is 0. The average molecular weight is 227 g/mol. The summed E-state index contributed by atoms with van der Waals surface area (Å²) in [6.45, 7) is 0. The maximum absolute atomic E-state index is 11.6. The molecule has 0 saturated carbocycles. The van der Waals surface area contributed by atoms with Gasteiger partial charge in [0.2, 0.25) is 5.91 Å². The summed E-state index contributed by atoms with van der Waals surface area (Å²) in [7, 11) is 3.59. The zero-order chi connectivity index (χ0) is 12.3. The van der Waals surface area contributed by atoms with Gasteiger partial charge in [-0.05, 0) is 22.8 Å². The predicted octanol–water partition coefficient (Wildman–Crippen LogP) is 2.86. The van der Waals surface area contributed by atoms with Crippen molar-refractivity contribution in [2.75, 3.05) is 14.1 Å². The van der Waals surface area contributed by atoms with Gasteiger partial charge in [-0.15, -0.1) is 0 Å². The van der Waals surface area contributed by atoms with Crippen molar-refractivity contribution in [2.45, 2.75) is 12.8 Å². The Kier molecular flexibility index (Phi) is 3.43. The van der Waals surface area contributed by atoms with Crippen LogP contribution in [-0.4, -0.2) is 24.9 Å². The van der Waals surface area contributed by atoms with Crippen molar-refractivity contribution >= 4 is 16.7 Å². The molecule has 2 nitrogen and oxygen atoms in total. The number of benzene rings is 2. The average Bonchev–Trinajstić information content (AvgIpc) is 2.35. The lowest BCUT2D eigenvalue weighted by Gasteiger charge is -2.11. The van der Waals surface area contributed by atoms with E-state index in [-0.39, 0.29) is 5.91 Å². The molecule has 2 aromatic carbocycles.